The molecule has 0 amide bonds. The minimum absolute atomic E-state index is 0.682. The molecule has 3 rings (SSSR count). The summed E-state index contributed by atoms with van der Waals surface area (Å²) in [7, 11) is 2.09. The Labute approximate surface area is 125 Å². The van der Waals surface area contributed by atoms with E-state index in [1.54, 1.807) is 11.3 Å². The van der Waals surface area contributed by atoms with Gasteiger partial charge in [-0.2, -0.15) is 0 Å². The molecular formula is C13H15BrN4S. The highest BCUT2D eigenvalue weighted by Crippen LogP contribution is 2.26. The predicted octanol–water partition coefficient (Wildman–Crippen LogP) is 2.58. The van der Waals surface area contributed by atoms with Gasteiger partial charge in [-0.15, -0.1) is 11.3 Å². The van der Waals surface area contributed by atoms with Gasteiger partial charge in [-0.25, -0.2) is 9.97 Å². The summed E-state index contributed by atoms with van der Waals surface area (Å²) >= 11 is 5.20. The Bertz CT molecular complexity index is 570. The number of halogens is 1. The van der Waals surface area contributed by atoms with Crippen LogP contribution in [-0.2, 0) is 19.5 Å². The first-order valence-corrected chi connectivity index (χ1v) is 7.91. The fourth-order valence-electron chi connectivity index (χ4n) is 2.32. The van der Waals surface area contributed by atoms with Crippen LogP contribution in [0.25, 0.3) is 0 Å². The SMILES string of the molecule is CN(Cc1cccs1)c1nc(Br)nc2c1CNCC2. The standard InChI is InChI=1S/C13H15BrN4S/c1-18(8-9-3-2-6-19-9)12-10-7-15-5-4-11(10)16-13(14)17-12/h2-3,6,15H,4-5,7-8H2,1H3. The van der Waals surface area contributed by atoms with E-state index in [1.165, 1.54) is 10.4 Å². The number of hydrogen-bond acceptors (Lipinski definition) is 5. The number of hydrogen-bond donors (Lipinski definition) is 1. The van der Waals surface area contributed by atoms with Crippen molar-refractivity contribution < 1.29 is 0 Å². The van der Waals surface area contributed by atoms with E-state index < -0.39 is 0 Å². The van der Waals surface area contributed by atoms with Gasteiger partial charge < -0.3 is 10.2 Å². The molecule has 0 aliphatic carbocycles. The van der Waals surface area contributed by atoms with Gasteiger partial charge in [0.25, 0.3) is 0 Å². The highest BCUT2D eigenvalue weighted by molar-refractivity contribution is 9.10. The van der Waals surface area contributed by atoms with Gasteiger partial charge in [-0.05, 0) is 27.4 Å². The van der Waals surface area contributed by atoms with Crippen LogP contribution in [0, 0.1) is 0 Å². The summed E-state index contributed by atoms with van der Waals surface area (Å²) in [6.45, 7) is 2.73. The number of fused-ring (bicyclic) bond motifs is 1. The second-order valence-corrected chi connectivity index (χ2v) is 6.35. The topological polar surface area (TPSA) is 41.1 Å². The fraction of sp³-hybridized carbons (Fsp3) is 0.385. The van der Waals surface area contributed by atoms with Crippen LogP contribution >= 0.6 is 27.3 Å². The van der Waals surface area contributed by atoms with Crippen molar-refractivity contribution in [1.82, 2.24) is 15.3 Å². The molecule has 0 fully saturated rings. The number of aromatic nitrogens is 2. The Hall–Kier alpha value is -0.980. The molecule has 0 spiro atoms. The Morgan fingerprint density at radius 3 is 3.16 bits per heavy atom. The quantitative estimate of drug-likeness (QED) is 0.873. The number of anilines is 1. The summed E-state index contributed by atoms with van der Waals surface area (Å²) in [5.74, 6) is 1.03. The van der Waals surface area contributed by atoms with Crippen molar-refractivity contribution >= 4 is 33.1 Å². The summed E-state index contributed by atoms with van der Waals surface area (Å²) in [6, 6.07) is 4.24. The lowest BCUT2D eigenvalue weighted by Gasteiger charge is -2.25. The third-order valence-corrected chi connectivity index (χ3v) is 4.43. The van der Waals surface area contributed by atoms with Crippen LogP contribution in [0.3, 0.4) is 0 Å². The van der Waals surface area contributed by atoms with Crippen molar-refractivity contribution in [2.45, 2.75) is 19.5 Å². The maximum atomic E-state index is 4.56. The summed E-state index contributed by atoms with van der Waals surface area (Å²) in [5, 5.41) is 5.50. The average molecular weight is 339 g/mol. The molecular weight excluding hydrogens is 324 g/mol. The second-order valence-electron chi connectivity index (χ2n) is 4.60. The highest BCUT2D eigenvalue weighted by Gasteiger charge is 2.19. The maximum absolute atomic E-state index is 4.56. The van der Waals surface area contributed by atoms with Crippen LogP contribution in [0.4, 0.5) is 5.82 Å². The van der Waals surface area contributed by atoms with E-state index in [0.717, 1.165) is 37.6 Å². The van der Waals surface area contributed by atoms with Crippen LogP contribution in [0.1, 0.15) is 16.1 Å². The normalized spacial score (nSPS) is 14.2. The molecule has 0 aromatic carbocycles. The molecule has 0 unspecified atom stereocenters. The van der Waals surface area contributed by atoms with Crippen LogP contribution in [0.15, 0.2) is 22.2 Å². The molecule has 0 bridgehead atoms. The number of rotatable bonds is 3. The summed E-state index contributed by atoms with van der Waals surface area (Å²) < 4.78 is 0.682. The van der Waals surface area contributed by atoms with Crippen molar-refractivity contribution in [2.75, 3.05) is 18.5 Å². The molecule has 100 valence electrons. The van der Waals surface area contributed by atoms with E-state index >= 15 is 0 Å². The zero-order valence-corrected chi connectivity index (χ0v) is 13.1. The van der Waals surface area contributed by atoms with Crippen LogP contribution < -0.4 is 10.2 Å². The van der Waals surface area contributed by atoms with Gasteiger partial charge in [0.1, 0.15) is 5.82 Å². The Balaban J connectivity index is 1.92. The van der Waals surface area contributed by atoms with Crippen molar-refractivity contribution in [2.24, 2.45) is 0 Å². The van der Waals surface area contributed by atoms with Crippen molar-refractivity contribution in [1.29, 1.82) is 0 Å². The minimum Gasteiger partial charge on any atom is -0.354 e. The van der Waals surface area contributed by atoms with E-state index in [4.69, 9.17) is 0 Å². The molecule has 6 heteroatoms. The molecule has 0 saturated heterocycles. The highest BCUT2D eigenvalue weighted by atomic mass is 79.9. The molecule has 1 aliphatic heterocycles. The summed E-state index contributed by atoms with van der Waals surface area (Å²) in [4.78, 5) is 12.6. The van der Waals surface area contributed by atoms with Gasteiger partial charge >= 0.3 is 0 Å². The number of thiophene rings is 1. The molecule has 0 atom stereocenters. The monoisotopic (exact) mass is 338 g/mol. The molecule has 4 nitrogen and oxygen atoms in total. The Kier molecular flexibility index (Phi) is 3.81. The molecule has 2 aromatic heterocycles. The molecule has 1 N–H and O–H groups in total. The van der Waals surface area contributed by atoms with Crippen molar-refractivity contribution in [3.8, 4) is 0 Å². The van der Waals surface area contributed by atoms with E-state index in [-0.39, 0.29) is 0 Å². The smallest absolute Gasteiger partial charge is 0.198 e. The van der Waals surface area contributed by atoms with E-state index in [0.29, 0.717) is 4.73 Å². The lowest BCUT2D eigenvalue weighted by molar-refractivity contribution is 0.620. The van der Waals surface area contributed by atoms with Crippen molar-refractivity contribution in [3.63, 3.8) is 0 Å². The van der Waals surface area contributed by atoms with Gasteiger partial charge in [-0.3, -0.25) is 0 Å². The Morgan fingerprint density at radius 1 is 1.47 bits per heavy atom. The third kappa shape index (κ3) is 2.80. The van der Waals surface area contributed by atoms with E-state index in [2.05, 4.69) is 60.7 Å². The van der Waals surface area contributed by atoms with Gasteiger partial charge in [0, 0.05) is 37.0 Å². The van der Waals surface area contributed by atoms with Crippen LogP contribution in [-0.4, -0.2) is 23.6 Å². The number of nitrogens with zero attached hydrogens (tertiary/aromatic N) is 3. The first kappa shape index (κ1) is 13.0. The first-order chi connectivity index (χ1) is 9.24. The van der Waals surface area contributed by atoms with Crippen LogP contribution in [0.5, 0.6) is 0 Å². The maximum Gasteiger partial charge on any atom is 0.198 e. The van der Waals surface area contributed by atoms with E-state index in [9.17, 15) is 0 Å². The second kappa shape index (κ2) is 5.56. The van der Waals surface area contributed by atoms with Gasteiger partial charge in [-0.1, -0.05) is 6.07 Å². The molecule has 0 saturated carbocycles. The van der Waals surface area contributed by atoms with Gasteiger partial charge in [0.2, 0.25) is 0 Å². The molecule has 0 radical (unpaired) electrons. The van der Waals surface area contributed by atoms with Gasteiger partial charge in [0.05, 0.1) is 12.2 Å². The predicted molar refractivity (Wildman–Crippen MR) is 81.6 cm³/mol. The molecule has 3 heterocycles. The lowest BCUT2D eigenvalue weighted by Crippen LogP contribution is -2.29. The lowest BCUT2D eigenvalue weighted by atomic mass is 10.1. The van der Waals surface area contributed by atoms with E-state index in [1.807, 2.05) is 0 Å². The zero-order chi connectivity index (χ0) is 13.2. The average Bonchev–Trinajstić information content (AvgIpc) is 2.90. The minimum atomic E-state index is 0.682. The summed E-state index contributed by atoms with van der Waals surface area (Å²) in [6.07, 6.45) is 0.969. The molecule has 1 aliphatic rings. The first-order valence-electron chi connectivity index (χ1n) is 6.23. The summed E-state index contributed by atoms with van der Waals surface area (Å²) in [5.41, 5.74) is 2.39. The van der Waals surface area contributed by atoms with Crippen LogP contribution in [0.2, 0.25) is 0 Å². The molecule has 19 heavy (non-hydrogen) atoms. The Morgan fingerprint density at radius 2 is 2.37 bits per heavy atom. The van der Waals surface area contributed by atoms with Crippen molar-refractivity contribution in [3.05, 3.63) is 38.4 Å². The number of nitrogens with one attached hydrogen (secondary N) is 1. The largest absolute Gasteiger partial charge is 0.354 e. The fourth-order valence-corrected chi connectivity index (χ4v) is 3.46. The van der Waals surface area contributed by atoms with Gasteiger partial charge in [0.15, 0.2) is 4.73 Å². The molecule has 2 aromatic rings. The third-order valence-electron chi connectivity index (χ3n) is 3.22. The zero-order valence-electron chi connectivity index (χ0n) is 10.7.